The van der Waals surface area contributed by atoms with E-state index in [0.717, 1.165) is 30.3 Å². The van der Waals surface area contributed by atoms with Crippen LogP contribution in [0.4, 0.5) is 23.2 Å². The van der Waals surface area contributed by atoms with E-state index in [1.807, 2.05) is 0 Å². The summed E-state index contributed by atoms with van der Waals surface area (Å²) in [6, 6.07) is 9.43. The van der Waals surface area contributed by atoms with Gasteiger partial charge in [0.2, 0.25) is 15.9 Å². The second kappa shape index (κ2) is 10.8. The molecule has 8 nitrogen and oxygen atoms in total. The number of hydrogen-bond acceptors (Lipinski definition) is 6. The van der Waals surface area contributed by atoms with Crippen molar-refractivity contribution in [1.82, 2.24) is 10.0 Å². The summed E-state index contributed by atoms with van der Waals surface area (Å²) in [6.07, 6.45) is -5.09. The van der Waals surface area contributed by atoms with E-state index in [0.29, 0.717) is 0 Å². The molecule has 0 heterocycles. The number of anilines is 1. The number of alkyl halides is 3. The Morgan fingerprint density at radius 1 is 1.06 bits per heavy atom. The highest BCUT2D eigenvalue weighted by Gasteiger charge is 2.31. The van der Waals surface area contributed by atoms with E-state index in [1.54, 1.807) is 6.07 Å². The molecule has 0 unspecified atom stereocenters. The minimum absolute atomic E-state index is 0.133. The summed E-state index contributed by atoms with van der Waals surface area (Å²) < 4.78 is 80.0. The molecule has 0 aliphatic heterocycles. The Morgan fingerprint density at radius 2 is 1.75 bits per heavy atom. The number of amides is 1. The third kappa shape index (κ3) is 7.71. The highest BCUT2D eigenvalue weighted by molar-refractivity contribution is 7.89. The van der Waals surface area contributed by atoms with E-state index >= 15 is 0 Å². The number of sulfonamides is 1. The Labute approximate surface area is 181 Å². The molecule has 2 aromatic carbocycles. The standard InChI is InChI=1S/C19H18F4N4O4S/c20-16-2-1-3-17(15(16)12-24)25-10-11-26-18(28)8-9-27-32(29,30)14-6-4-13(5-7-14)31-19(21,22)23/h1-7,25,27H,8-11H2,(H,26,28). The lowest BCUT2D eigenvalue weighted by Gasteiger charge is -2.11. The van der Waals surface area contributed by atoms with Gasteiger partial charge in [-0.15, -0.1) is 13.2 Å². The maximum atomic E-state index is 13.5. The molecule has 3 N–H and O–H groups in total. The van der Waals surface area contributed by atoms with Gasteiger partial charge in [-0.1, -0.05) is 6.07 Å². The SMILES string of the molecule is N#Cc1c(F)cccc1NCCNC(=O)CCNS(=O)(=O)c1ccc(OC(F)(F)F)cc1. The third-order valence-corrected chi connectivity index (χ3v) is 5.38. The second-order valence-electron chi connectivity index (χ2n) is 6.22. The predicted molar refractivity (Wildman–Crippen MR) is 106 cm³/mol. The summed E-state index contributed by atoms with van der Waals surface area (Å²) in [5, 5.41) is 14.3. The van der Waals surface area contributed by atoms with Crippen LogP contribution in [0.1, 0.15) is 12.0 Å². The van der Waals surface area contributed by atoms with Crippen LogP contribution in [0.5, 0.6) is 5.75 Å². The minimum Gasteiger partial charge on any atom is -0.406 e. The van der Waals surface area contributed by atoms with Gasteiger partial charge in [-0.2, -0.15) is 5.26 Å². The van der Waals surface area contributed by atoms with E-state index in [9.17, 15) is 30.8 Å². The largest absolute Gasteiger partial charge is 0.573 e. The van der Waals surface area contributed by atoms with Crippen molar-refractivity contribution in [3.05, 3.63) is 53.8 Å². The van der Waals surface area contributed by atoms with Crippen LogP contribution in [-0.2, 0) is 14.8 Å². The van der Waals surface area contributed by atoms with Gasteiger partial charge in [-0.05, 0) is 36.4 Å². The van der Waals surface area contributed by atoms with Crippen LogP contribution in [0.3, 0.4) is 0 Å². The lowest BCUT2D eigenvalue weighted by Crippen LogP contribution is -2.33. The number of hydrogen-bond donors (Lipinski definition) is 3. The van der Waals surface area contributed by atoms with Gasteiger partial charge in [0.05, 0.1) is 10.6 Å². The molecule has 32 heavy (non-hydrogen) atoms. The molecule has 0 aromatic heterocycles. The van der Waals surface area contributed by atoms with E-state index in [2.05, 4.69) is 20.1 Å². The fourth-order valence-electron chi connectivity index (χ4n) is 2.48. The Balaban J connectivity index is 1.74. The summed E-state index contributed by atoms with van der Waals surface area (Å²) in [5.74, 6) is -1.70. The fraction of sp³-hybridized carbons (Fsp3) is 0.263. The van der Waals surface area contributed by atoms with Crippen molar-refractivity contribution in [2.45, 2.75) is 17.7 Å². The number of nitrogens with one attached hydrogen (secondary N) is 3. The molecule has 13 heteroatoms. The highest BCUT2D eigenvalue weighted by Crippen LogP contribution is 2.23. The Kier molecular flexibility index (Phi) is 8.39. The summed E-state index contributed by atoms with van der Waals surface area (Å²) in [4.78, 5) is 11.5. The van der Waals surface area contributed by atoms with Crippen molar-refractivity contribution in [3.63, 3.8) is 0 Å². The first kappa shape index (κ1) is 24.9. The number of benzene rings is 2. The molecule has 0 aliphatic carbocycles. The van der Waals surface area contributed by atoms with Crippen molar-refractivity contribution in [3.8, 4) is 11.8 Å². The summed E-state index contributed by atoms with van der Waals surface area (Å²) in [7, 11) is -4.03. The van der Waals surface area contributed by atoms with Gasteiger partial charge in [0.15, 0.2) is 0 Å². The number of carbonyl (C=O) groups excluding carboxylic acids is 1. The minimum atomic E-state index is -4.89. The molecule has 0 atom stereocenters. The zero-order valence-corrected chi connectivity index (χ0v) is 17.2. The fourth-order valence-corrected chi connectivity index (χ4v) is 3.51. The van der Waals surface area contributed by atoms with Crippen LogP contribution in [0.2, 0.25) is 0 Å². The lowest BCUT2D eigenvalue weighted by atomic mass is 10.2. The molecule has 1 amide bonds. The van der Waals surface area contributed by atoms with Crippen LogP contribution in [-0.4, -0.2) is 40.3 Å². The predicted octanol–water partition coefficient (Wildman–Crippen LogP) is 2.49. The first-order valence-electron chi connectivity index (χ1n) is 9.06. The molecule has 0 fully saturated rings. The molecule has 0 aliphatic rings. The van der Waals surface area contributed by atoms with Gasteiger partial charge in [-0.3, -0.25) is 4.79 Å². The van der Waals surface area contributed by atoms with Crippen LogP contribution in [0, 0.1) is 17.1 Å². The van der Waals surface area contributed by atoms with Gasteiger partial charge in [0.25, 0.3) is 0 Å². The van der Waals surface area contributed by atoms with E-state index in [-0.39, 0.29) is 42.2 Å². The molecule has 0 bridgehead atoms. The first-order chi connectivity index (χ1) is 15.0. The smallest absolute Gasteiger partial charge is 0.406 e. The molecular formula is C19H18F4N4O4S. The van der Waals surface area contributed by atoms with Crippen molar-refractivity contribution in [2.24, 2.45) is 0 Å². The van der Waals surface area contributed by atoms with Gasteiger partial charge in [0, 0.05) is 26.1 Å². The average molecular weight is 474 g/mol. The van der Waals surface area contributed by atoms with Gasteiger partial charge in [-0.25, -0.2) is 17.5 Å². The molecule has 172 valence electrons. The van der Waals surface area contributed by atoms with Gasteiger partial charge in [0.1, 0.15) is 23.2 Å². The molecule has 0 radical (unpaired) electrons. The molecular weight excluding hydrogens is 456 g/mol. The maximum absolute atomic E-state index is 13.5. The number of rotatable bonds is 10. The number of halogens is 4. The van der Waals surface area contributed by atoms with Crippen LogP contribution in [0.25, 0.3) is 0 Å². The quantitative estimate of drug-likeness (QED) is 0.360. The number of nitriles is 1. The van der Waals surface area contributed by atoms with Crippen LogP contribution >= 0.6 is 0 Å². The lowest BCUT2D eigenvalue weighted by molar-refractivity contribution is -0.274. The Hall–Kier alpha value is -3.37. The monoisotopic (exact) mass is 474 g/mol. The van der Waals surface area contributed by atoms with Gasteiger partial charge >= 0.3 is 6.36 Å². The Bertz CT molecular complexity index is 1080. The van der Waals surface area contributed by atoms with Gasteiger partial charge < -0.3 is 15.4 Å². The number of nitrogens with zero attached hydrogens (tertiary/aromatic N) is 1. The van der Waals surface area contributed by atoms with E-state index in [1.165, 1.54) is 12.1 Å². The first-order valence-corrected chi connectivity index (χ1v) is 10.5. The summed E-state index contributed by atoms with van der Waals surface area (Å²) >= 11 is 0. The molecule has 0 spiro atoms. The third-order valence-electron chi connectivity index (χ3n) is 3.90. The van der Waals surface area contributed by atoms with Crippen molar-refractivity contribution < 1.29 is 35.5 Å². The second-order valence-corrected chi connectivity index (χ2v) is 7.98. The molecule has 2 aromatic rings. The summed E-state index contributed by atoms with van der Waals surface area (Å²) in [5.41, 5.74) is 0.132. The van der Waals surface area contributed by atoms with Crippen molar-refractivity contribution in [2.75, 3.05) is 25.0 Å². The number of ether oxygens (including phenoxy) is 1. The van der Waals surface area contributed by atoms with Crippen molar-refractivity contribution in [1.29, 1.82) is 5.26 Å². The van der Waals surface area contributed by atoms with E-state index in [4.69, 9.17) is 5.26 Å². The van der Waals surface area contributed by atoms with Crippen molar-refractivity contribution >= 4 is 21.6 Å². The average Bonchev–Trinajstić information content (AvgIpc) is 2.70. The molecule has 0 saturated carbocycles. The Morgan fingerprint density at radius 3 is 2.38 bits per heavy atom. The van der Waals surface area contributed by atoms with Crippen LogP contribution in [0.15, 0.2) is 47.4 Å². The molecule has 0 saturated heterocycles. The summed E-state index contributed by atoms with van der Waals surface area (Å²) in [6.45, 7) is 0.0838. The maximum Gasteiger partial charge on any atom is 0.573 e. The normalized spacial score (nSPS) is 11.5. The zero-order valence-electron chi connectivity index (χ0n) is 16.4. The zero-order chi connectivity index (χ0) is 23.8. The molecule has 2 rings (SSSR count). The topological polar surface area (TPSA) is 120 Å². The highest BCUT2D eigenvalue weighted by atomic mass is 32.2. The van der Waals surface area contributed by atoms with Crippen LogP contribution < -0.4 is 20.1 Å². The number of carbonyl (C=O) groups is 1. The van der Waals surface area contributed by atoms with E-state index < -0.39 is 33.9 Å².